The van der Waals surface area contributed by atoms with Crippen molar-refractivity contribution in [1.82, 2.24) is 9.97 Å². The van der Waals surface area contributed by atoms with E-state index in [1.165, 1.54) is 6.07 Å². The van der Waals surface area contributed by atoms with Gasteiger partial charge in [0.25, 0.3) is 0 Å². The van der Waals surface area contributed by atoms with Crippen molar-refractivity contribution in [2.45, 2.75) is 39.0 Å². The monoisotopic (exact) mass is 304 g/mol. The molecule has 0 spiro atoms. The van der Waals surface area contributed by atoms with Crippen LogP contribution in [0.3, 0.4) is 0 Å². The van der Waals surface area contributed by atoms with Gasteiger partial charge in [0.2, 0.25) is 0 Å². The summed E-state index contributed by atoms with van der Waals surface area (Å²) in [5.74, 6) is -0.417. The third-order valence-corrected chi connectivity index (χ3v) is 4.19. The number of hydrogen-bond donors (Lipinski definition) is 1. The molecule has 1 aromatic carbocycles. The summed E-state index contributed by atoms with van der Waals surface area (Å²) in [6.45, 7) is 4.32. The Morgan fingerprint density at radius 3 is 2.86 bits per heavy atom. The largest absolute Gasteiger partial charge is 0.345 e. The quantitative estimate of drug-likeness (QED) is 0.877. The van der Waals surface area contributed by atoms with Crippen LogP contribution in [0.15, 0.2) is 18.2 Å². The minimum absolute atomic E-state index is 0.00332. The standard InChI is InChI=1S/C17H18F2N2O/c1-9-5-10(2)17-14(6-9)20-16(21-17)8-15(22)12-4-3-11(18)7-13(12)19/h3-4,7,9-10H,5-6,8H2,1-2H3,(H,20,21). The molecular weight excluding hydrogens is 286 g/mol. The molecule has 1 N–H and O–H groups in total. The molecule has 1 aromatic heterocycles. The summed E-state index contributed by atoms with van der Waals surface area (Å²) < 4.78 is 26.6. The Balaban J connectivity index is 1.82. The number of aromatic amines is 1. The molecule has 0 saturated carbocycles. The number of fused-ring (bicyclic) bond motifs is 1. The van der Waals surface area contributed by atoms with Gasteiger partial charge in [0.05, 0.1) is 17.7 Å². The zero-order valence-corrected chi connectivity index (χ0v) is 12.6. The van der Waals surface area contributed by atoms with Gasteiger partial charge >= 0.3 is 0 Å². The van der Waals surface area contributed by atoms with Crippen LogP contribution in [0.5, 0.6) is 0 Å². The number of Topliss-reactive ketones (excluding diaryl/α,β-unsaturated/α-hetero) is 1. The summed E-state index contributed by atoms with van der Waals surface area (Å²) in [6.07, 6.45) is 2.00. The summed E-state index contributed by atoms with van der Waals surface area (Å²) in [5, 5.41) is 0. The number of carbonyl (C=O) groups is 1. The molecule has 1 heterocycles. The lowest BCUT2D eigenvalue weighted by Crippen LogP contribution is -2.14. The summed E-state index contributed by atoms with van der Waals surface area (Å²) in [5.41, 5.74) is 1.99. The maximum absolute atomic E-state index is 13.7. The van der Waals surface area contributed by atoms with Gasteiger partial charge in [-0.1, -0.05) is 13.8 Å². The van der Waals surface area contributed by atoms with Crippen molar-refractivity contribution in [3.63, 3.8) is 0 Å². The lowest BCUT2D eigenvalue weighted by atomic mass is 9.84. The van der Waals surface area contributed by atoms with Gasteiger partial charge in [-0.2, -0.15) is 0 Å². The Kier molecular flexibility index (Phi) is 3.81. The minimum atomic E-state index is -0.830. The third-order valence-electron chi connectivity index (χ3n) is 4.19. The number of H-pyrrole nitrogens is 1. The fourth-order valence-corrected chi connectivity index (χ4v) is 3.24. The van der Waals surface area contributed by atoms with Crippen LogP contribution in [0.1, 0.15) is 53.8 Å². The minimum Gasteiger partial charge on any atom is -0.345 e. The van der Waals surface area contributed by atoms with Crippen molar-refractivity contribution in [2.75, 3.05) is 0 Å². The zero-order valence-electron chi connectivity index (χ0n) is 12.6. The number of carbonyl (C=O) groups excluding carboxylic acids is 1. The smallest absolute Gasteiger partial charge is 0.173 e. The van der Waals surface area contributed by atoms with Gasteiger partial charge in [-0.15, -0.1) is 0 Å². The molecule has 0 saturated heterocycles. The Morgan fingerprint density at radius 1 is 1.36 bits per heavy atom. The molecule has 1 aliphatic carbocycles. The van der Waals surface area contributed by atoms with Gasteiger partial charge in [0.15, 0.2) is 5.78 Å². The highest BCUT2D eigenvalue weighted by molar-refractivity contribution is 5.97. The molecule has 3 nitrogen and oxygen atoms in total. The van der Waals surface area contributed by atoms with E-state index in [0.717, 1.165) is 36.4 Å². The molecule has 1 aliphatic rings. The number of nitrogens with one attached hydrogen (secondary N) is 1. The van der Waals surface area contributed by atoms with Crippen molar-refractivity contribution in [3.05, 3.63) is 52.6 Å². The van der Waals surface area contributed by atoms with E-state index in [1.54, 1.807) is 0 Å². The van der Waals surface area contributed by atoms with E-state index in [-0.39, 0.29) is 12.0 Å². The van der Waals surface area contributed by atoms with Gasteiger partial charge in [0.1, 0.15) is 17.5 Å². The second kappa shape index (κ2) is 5.63. The van der Waals surface area contributed by atoms with Crippen LogP contribution in [0.2, 0.25) is 0 Å². The Morgan fingerprint density at radius 2 is 2.14 bits per heavy atom. The van der Waals surface area contributed by atoms with Gasteiger partial charge in [-0.05, 0) is 30.9 Å². The lowest BCUT2D eigenvalue weighted by molar-refractivity contribution is 0.0987. The SMILES string of the molecule is CC1Cc2[nH]c(CC(=O)c3ccc(F)cc3F)nc2C(C)C1. The predicted octanol–water partition coefficient (Wildman–Crippen LogP) is 3.80. The fourth-order valence-electron chi connectivity index (χ4n) is 3.24. The first-order chi connectivity index (χ1) is 10.4. The van der Waals surface area contributed by atoms with E-state index >= 15 is 0 Å². The van der Waals surface area contributed by atoms with Crippen LogP contribution in [-0.4, -0.2) is 15.8 Å². The number of aromatic nitrogens is 2. The van der Waals surface area contributed by atoms with Crippen molar-refractivity contribution in [1.29, 1.82) is 0 Å². The van der Waals surface area contributed by atoms with Crippen molar-refractivity contribution in [2.24, 2.45) is 5.92 Å². The van der Waals surface area contributed by atoms with Crippen molar-refractivity contribution >= 4 is 5.78 Å². The summed E-state index contributed by atoms with van der Waals surface area (Å²) >= 11 is 0. The molecule has 2 atom stereocenters. The third kappa shape index (κ3) is 2.80. The molecule has 22 heavy (non-hydrogen) atoms. The highest BCUT2D eigenvalue weighted by Crippen LogP contribution is 2.32. The molecule has 0 fully saturated rings. The van der Waals surface area contributed by atoms with Crippen molar-refractivity contribution < 1.29 is 13.6 Å². The van der Waals surface area contributed by atoms with Crippen LogP contribution in [0.4, 0.5) is 8.78 Å². The molecule has 0 bridgehead atoms. The summed E-state index contributed by atoms with van der Waals surface area (Å²) in [6, 6.07) is 3.00. The van der Waals surface area contributed by atoms with E-state index in [0.29, 0.717) is 17.7 Å². The number of nitrogens with zero attached hydrogens (tertiary/aromatic N) is 1. The number of ketones is 1. The first kappa shape index (κ1) is 14.9. The normalized spacial score (nSPS) is 20.7. The van der Waals surface area contributed by atoms with Gasteiger partial charge in [-0.3, -0.25) is 4.79 Å². The molecule has 116 valence electrons. The molecule has 3 rings (SSSR count). The van der Waals surface area contributed by atoms with E-state index < -0.39 is 17.4 Å². The van der Waals surface area contributed by atoms with Gasteiger partial charge in [0, 0.05) is 17.7 Å². The Bertz CT molecular complexity index is 723. The number of imidazole rings is 1. The Hall–Kier alpha value is -2.04. The molecule has 2 unspecified atom stereocenters. The first-order valence-corrected chi connectivity index (χ1v) is 7.50. The molecule has 5 heteroatoms. The highest BCUT2D eigenvalue weighted by Gasteiger charge is 2.26. The first-order valence-electron chi connectivity index (χ1n) is 7.50. The number of halogens is 2. The fraction of sp³-hybridized carbons (Fsp3) is 0.412. The maximum Gasteiger partial charge on any atom is 0.173 e. The average Bonchev–Trinajstić information content (AvgIpc) is 2.81. The topological polar surface area (TPSA) is 45.8 Å². The van der Waals surface area contributed by atoms with Crippen LogP contribution in [0.25, 0.3) is 0 Å². The van der Waals surface area contributed by atoms with Crippen LogP contribution in [0, 0.1) is 17.6 Å². The van der Waals surface area contributed by atoms with Crippen LogP contribution in [-0.2, 0) is 12.8 Å². The lowest BCUT2D eigenvalue weighted by Gasteiger charge is -2.22. The molecule has 0 aliphatic heterocycles. The maximum atomic E-state index is 13.7. The van der Waals surface area contributed by atoms with Crippen LogP contribution >= 0.6 is 0 Å². The highest BCUT2D eigenvalue weighted by atomic mass is 19.1. The average molecular weight is 304 g/mol. The Labute approximate surface area is 127 Å². The van der Waals surface area contributed by atoms with E-state index in [1.807, 2.05) is 0 Å². The molecule has 0 amide bonds. The zero-order chi connectivity index (χ0) is 15.9. The van der Waals surface area contributed by atoms with Gasteiger partial charge in [-0.25, -0.2) is 13.8 Å². The number of benzene rings is 1. The summed E-state index contributed by atoms with van der Waals surface area (Å²) in [7, 11) is 0. The van der Waals surface area contributed by atoms with Crippen LogP contribution < -0.4 is 0 Å². The molecular formula is C17H18F2N2O. The van der Waals surface area contributed by atoms with E-state index in [9.17, 15) is 13.6 Å². The number of rotatable bonds is 3. The second-order valence-electron chi connectivity index (χ2n) is 6.22. The second-order valence-corrected chi connectivity index (χ2v) is 6.22. The summed E-state index contributed by atoms with van der Waals surface area (Å²) in [4.78, 5) is 19.9. The molecule has 2 aromatic rings. The van der Waals surface area contributed by atoms with E-state index in [2.05, 4.69) is 23.8 Å². The number of hydrogen-bond acceptors (Lipinski definition) is 2. The van der Waals surface area contributed by atoms with Crippen molar-refractivity contribution in [3.8, 4) is 0 Å². The van der Waals surface area contributed by atoms with E-state index in [4.69, 9.17) is 0 Å². The van der Waals surface area contributed by atoms with Gasteiger partial charge < -0.3 is 4.98 Å². The molecule has 0 radical (unpaired) electrons. The predicted molar refractivity (Wildman–Crippen MR) is 78.9 cm³/mol.